The van der Waals surface area contributed by atoms with Crippen LogP contribution in [0.1, 0.15) is 43.6 Å². The van der Waals surface area contributed by atoms with Crippen LogP contribution in [0.2, 0.25) is 0 Å². The zero-order valence-corrected chi connectivity index (χ0v) is 13.5. The molecule has 1 aromatic rings. The number of urea groups is 1. The number of hydrogen-bond donors (Lipinski definition) is 3. The Hall–Kier alpha value is -1.07. The number of aliphatic hydroxyl groups excluding tert-OH is 1. The van der Waals surface area contributed by atoms with E-state index < -0.39 is 0 Å². The quantitative estimate of drug-likeness (QED) is 0.691. The van der Waals surface area contributed by atoms with Gasteiger partial charge in [0.25, 0.3) is 0 Å². The van der Waals surface area contributed by atoms with Crippen molar-refractivity contribution in [3.8, 4) is 0 Å². The number of aryl methyl sites for hydroxylation is 1. The minimum Gasteiger partial charge on any atom is -0.396 e. The van der Waals surface area contributed by atoms with Gasteiger partial charge in [0.2, 0.25) is 0 Å². The van der Waals surface area contributed by atoms with Gasteiger partial charge >= 0.3 is 6.03 Å². The van der Waals surface area contributed by atoms with Crippen LogP contribution in [0.5, 0.6) is 0 Å². The summed E-state index contributed by atoms with van der Waals surface area (Å²) in [7, 11) is 0. The molecule has 0 saturated carbocycles. The van der Waals surface area contributed by atoms with E-state index in [1.54, 1.807) is 11.3 Å². The number of aliphatic hydroxyl groups is 1. The van der Waals surface area contributed by atoms with E-state index in [9.17, 15) is 4.79 Å². The average molecular weight is 298 g/mol. The Labute approximate surface area is 125 Å². The lowest BCUT2D eigenvalue weighted by Gasteiger charge is -2.31. The van der Waals surface area contributed by atoms with Gasteiger partial charge in [-0.2, -0.15) is 0 Å². The first kappa shape index (κ1) is 17.0. The fraction of sp³-hybridized carbons (Fsp3) is 0.667. The molecule has 0 spiro atoms. The van der Waals surface area contributed by atoms with Gasteiger partial charge in [-0.1, -0.05) is 13.8 Å². The second-order valence-corrected chi connectivity index (χ2v) is 6.24. The van der Waals surface area contributed by atoms with E-state index in [0.717, 1.165) is 19.3 Å². The van der Waals surface area contributed by atoms with Crippen molar-refractivity contribution in [3.63, 3.8) is 0 Å². The van der Waals surface area contributed by atoms with Crippen LogP contribution in [-0.2, 0) is 6.54 Å². The van der Waals surface area contributed by atoms with Crippen molar-refractivity contribution < 1.29 is 9.90 Å². The molecule has 0 fully saturated rings. The first-order valence-corrected chi connectivity index (χ1v) is 8.10. The number of hydrogen-bond acceptors (Lipinski definition) is 3. The van der Waals surface area contributed by atoms with E-state index in [1.165, 1.54) is 10.4 Å². The smallest absolute Gasteiger partial charge is 0.315 e. The van der Waals surface area contributed by atoms with E-state index in [4.69, 9.17) is 5.11 Å². The molecular weight excluding hydrogens is 272 g/mol. The van der Waals surface area contributed by atoms with Crippen LogP contribution in [0.4, 0.5) is 4.79 Å². The Balaban J connectivity index is 2.40. The molecule has 0 aromatic carbocycles. The maximum atomic E-state index is 11.9. The van der Waals surface area contributed by atoms with E-state index in [1.807, 2.05) is 12.3 Å². The Morgan fingerprint density at radius 2 is 2.05 bits per heavy atom. The second kappa shape index (κ2) is 8.27. The Kier molecular flexibility index (Phi) is 7.02. The number of nitrogens with one attached hydrogen (secondary N) is 2. The van der Waals surface area contributed by atoms with E-state index in [2.05, 4.69) is 30.5 Å². The molecule has 20 heavy (non-hydrogen) atoms. The molecule has 0 radical (unpaired) electrons. The molecule has 4 nitrogen and oxygen atoms in total. The SMILES string of the molecule is CCC(CC)(CCO)CNC(=O)NCc1sccc1C. The van der Waals surface area contributed by atoms with Crippen molar-refractivity contribution in [2.24, 2.45) is 5.41 Å². The van der Waals surface area contributed by atoms with Crippen molar-refractivity contribution in [1.29, 1.82) is 0 Å². The summed E-state index contributed by atoms with van der Waals surface area (Å²) in [5.74, 6) is 0. The van der Waals surface area contributed by atoms with Crippen molar-refractivity contribution in [1.82, 2.24) is 10.6 Å². The standard InChI is InChI=1S/C15H26N2O2S/c1-4-15(5-2,7-8-18)11-17-14(19)16-10-13-12(3)6-9-20-13/h6,9,18H,4-5,7-8,10-11H2,1-3H3,(H2,16,17,19). The van der Waals surface area contributed by atoms with Gasteiger partial charge in [-0.15, -0.1) is 11.3 Å². The molecule has 5 heteroatoms. The molecule has 0 bridgehead atoms. The van der Waals surface area contributed by atoms with Gasteiger partial charge in [0.15, 0.2) is 0 Å². The fourth-order valence-corrected chi connectivity index (χ4v) is 3.10. The lowest BCUT2D eigenvalue weighted by molar-refractivity contribution is 0.163. The van der Waals surface area contributed by atoms with Crippen molar-refractivity contribution in [3.05, 3.63) is 21.9 Å². The van der Waals surface area contributed by atoms with Crippen molar-refractivity contribution in [2.75, 3.05) is 13.2 Å². The summed E-state index contributed by atoms with van der Waals surface area (Å²) in [6.45, 7) is 7.60. The fourth-order valence-electron chi connectivity index (χ4n) is 2.26. The molecule has 3 N–H and O–H groups in total. The zero-order valence-electron chi connectivity index (χ0n) is 12.7. The number of rotatable bonds is 8. The van der Waals surface area contributed by atoms with Crippen molar-refractivity contribution >= 4 is 17.4 Å². The molecule has 0 aliphatic heterocycles. The highest BCUT2D eigenvalue weighted by atomic mass is 32.1. The van der Waals surface area contributed by atoms with Crippen LogP contribution >= 0.6 is 11.3 Å². The topological polar surface area (TPSA) is 61.4 Å². The molecule has 0 saturated heterocycles. The summed E-state index contributed by atoms with van der Waals surface area (Å²) >= 11 is 1.66. The first-order chi connectivity index (χ1) is 9.56. The summed E-state index contributed by atoms with van der Waals surface area (Å²) < 4.78 is 0. The summed E-state index contributed by atoms with van der Waals surface area (Å²) in [6, 6.07) is 1.92. The maximum Gasteiger partial charge on any atom is 0.315 e. The first-order valence-electron chi connectivity index (χ1n) is 7.22. The summed E-state index contributed by atoms with van der Waals surface area (Å²) in [6.07, 6.45) is 2.63. The molecular formula is C15H26N2O2S. The van der Waals surface area contributed by atoms with Gasteiger partial charge in [-0.05, 0) is 48.6 Å². The molecule has 1 aromatic heterocycles. The van der Waals surface area contributed by atoms with Crippen LogP contribution < -0.4 is 10.6 Å². The Morgan fingerprint density at radius 3 is 2.55 bits per heavy atom. The van der Waals surface area contributed by atoms with Gasteiger partial charge in [-0.25, -0.2) is 4.79 Å². The number of carbonyl (C=O) groups is 1. The van der Waals surface area contributed by atoms with Gasteiger partial charge in [0, 0.05) is 18.0 Å². The summed E-state index contributed by atoms with van der Waals surface area (Å²) in [4.78, 5) is 13.0. The number of amides is 2. The highest BCUT2D eigenvalue weighted by Gasteiger charge is 2.25. The van der Waals surface area contributed by atoms with Gasteiger partial charge in [-0.3, -0.25) is 0 Å². The minimum absolute atomic E-state index is 0.00490. The second-order valence-electron chi connectivity index (χ2n) is 5.24. The monoisotopic (exact) mass is 298 g/mol. The third kappa shape index (κ3) is 4.80. The van der Waals surface area contributed by atoms with Crippen LogP contribution in [0.15, 0.2) is 11.4 Å². The van der Waals surface area contributed by atoms with Crippen LogP contribution in [0.25, 0.3) is 0 Å². The maximum absolute atomic E-state index is 11.9. The average Bonchev–Trinajstić information content (AvgIpc) is 2.87. The highest BCUT2D eigenvalue weighted by Crippen LogP contribution is 2.29. The molecule has 114 valence electrons. The van der Waals surface area contributed by atoms with E-state index in [0.29, 0.717) is 13.1 Å². The van der Waals surface area contributed by atoms with Crippen LogP contribution in [-0.4, -0.2) is 24.3 Å². The Morgan fingerprint density at radius 1 is 1.35 bits per heavy atom. The number of carbonyl (C=O) groups excluding carboxylic acids is 1. The predicted molar refractivity (Wildman–Crippen MR) is 84.0 cm³/mol. The number of thiophene rings is 1. The van der Waals surface area contributed by atoms with E-state index in [-0.39, 0.29) is 18.1 Å². The minimum atomic E-state index is -0.137. The predicted octanol–water partition coefficient (Wildman–Crippen LogP) is 3.04. The zero-order chi connectivity index (χ0) is 15.0. The molecule has 0 aliphatic carbocycles. The molecule has 0 unspecified atom stereocenters. The molecule has 0 aliphatic rings. The van der Waals surface area contributed by atoms with E-state index >= 15 is 0 Å². The van der Waals surface area contributed by atoms with Crippen LogP contribution in [0, 0.1) is 12.3 Å². The Bertz CT molecular complexity index is 414. The third-order valence-corrected chi connectivity index (χ3v) is 5.17. The van der Waals surface area contributed by atoms with Gasteiger partial charge in [0.05, 0.1) is 6.54 Å². The largest absolute Gasteiger partial charge is 0.396 e. The van der Waals surface area contributed by atoms with Gasteiger partial charge in [0.1, 0.15) is 0 Å². The van der Waals surface area contributed by atoms with Gasteiger partial charge < -0.3 is 15.7 Å². The molecule has 0 atom stereocenters. The lowest BCUT2D eigenvalue weighted by atomic mass is 9.79. The normalized spacial score (nSPS) is 11.4. The summed E-state index contributed by atoms with van der Waals surface area (Å²) in [5, 5.41) is 17.0. The molecule has 2 amide bonds. The third-order valence-electron chi connectivity index (χ3n) is 4.14. The molecule has 1 heterocycles. The molecule has 1 rings (SSSR count). The van der Waals surface area contributed by atoms with Crippen molar-refractivity contribution in [2.45, 2.75) is 46.6 Å². The lowest BCUT2D eigenvalue weighted by Crippen LogP contribution is -2.42. The van der Waals surface area contributed by atoms with Crippen LogP contribution in [0.3, 0.4) is 0 Å². The highest BCUT2D eigenvalue weighted by molar-refractivity contribution is 7.10. The summed E-state index contributed by atoms with van der Waals surface area (Å²) in [5.41, 5.74) is 1.22.